The lowest BCUT2D eigenvalue weighted by molar-refractivity contribution is -0.383. The smallest absolute Gasteiger partial charge is 0.305 e. The molecule has 0 bridgehead atoms. The third-order valence-corrected chi connectivity index (χ3v) is 7.78. The molecule has 12 heteroatoms. The minimum atomic E-state index is -2.28. The van der Waals surface area contributed by atoms with Crippen LogP contribution in [0, 0.1) is 0 Å². The highest BCUT2D eigenvalue weighted by Crippen LogP contribution is 2.36. The number of hydrogen-bond donors (Lipinski definition) is 7. The second kappa shape index (κ2) is 18.6. The van der Waals surface area contributed by atoms with Gasteiger partial charge in [0.2, 0.25) is 5.79 Å². The number of esters is 1. The van der Waals surface area contributed by atoms with Gasteiger partial charge in [0.25, 0.3) is 0 Å². The van der Waals surface area contributed by atoms with E-state index in [-0.39, 0.29) is 6.42 Å². The Labute approximate surface area is 237 Å². The summed E-state index contributed by atoms with van der Waals surface area (Å²) in [5.74, 6) is -2.76. The number of aliphatic hydroxyl groups excluding tert-OH is 7. The van der Waals surface area contributed by atoms with Crippen molar-refractivity contribution in [2.45, 2.75) is 152 Å². The Bertz CT molecular complexity index is 694. The predicted molar refractivity (Wildman–Crippen MR) is 143 cm³/mol. The Balaban J connectivity index is 1.65. The lowest BCUT2D eigenvalue weighted by Gasteiger charge is -2.43. The quantitative estimate of drug-likeness (QED) is 0.0785. The molecular formula is C28H52O12. The average molecular weight is 581 g/mol. The van der Waals surface area contributed by atoms with Gasteiger partial charge in [0.05, 0.1) is 6.61 Å². The van der Waals surface area contributed by atoms with Gasteiger partial charge in [-0.3, -0.25) is 4.79 Å². The van der Waals surface area contributed by atoms with Crippen LogP contribution in [0.1, 0.15) is 96.8 Å². The normalized spacial score (nSPS) is 34.3. The first-order chi connectivity index (χ1) is 19.2. The van der Waals surface area contributed by atoms with Crippen molar-refractivity contribution in [3.05, 3.63) is 0 Å². The van der Waals surface area contributed by atoms with Crippen LogP contribution >= 0.6 is 0 Å². The predicted octanol–water partition coefficient (Wildman–Crippen LogP) is 0.637. The zero-order chi connectivity index (χ0) is 29.5. The topological polar surface area (TPSA) is 196 Å². The van der Waals surface area contributed by atoms with Crippen LogP contribution in [0.25, 0.3) is 0 Å². The molecule has 0 aromatic heterocycles. The second-order valence-corrected chi connectivity index (χ2v) is 11.1. The van der Waals surface area contributed by atoms with E-state index in [1.54, 1.807) is 0 Å². The number of hydrogen-bond acceptors (Lipinski definition) is 12. The van der Waals surface area contributed by atoms with E-state index < -0.39 is 80.6 Å². The SMILES string of the molecule is CCCCCCCCCCCCCCCC(=O)OC[C@@H]1O[C@](CO)(O[C@H]2O[C@H](CO)[C@@H](O)[C@H](O)[C@H]2O)[C@H](O)[C@H]1O. The summed E-state index contributed by atoms with van der Waals surface area (Å²) < 4.78 is 21.4. The Kier molecular flexibility index (Phi) is 16.4. The van der Waals surface area contributed by atoms with Crippen LogP contribution in [-0.2, 0) is 23.7 Å². The molecule has 2 heterocycles. The van der Waals surface area contributed by atoms with Gasteiger partial charge in [-0.15, -0.1) is 0 Å². The number of carbonyl (C=O) groups is 1. The molecule has 0 saturated carbocycles. The van der Waals surface area contributed by atoms with Crippen molar-refractivity contribution in [3.63, 3.8) is 0 Å². The van der Waals surface area contributed by atoms with Crippen LogP contribution in [0.2, 0.25) is 0 Å². The van der Waals surface area contributed by atoms with Gasteiger partial charge in [0, 0.05) is 6.42 Å². The van der Waals surface area contributed by atoms with Gasteiger partial charge >= 0.3 is 5.97 Å². The number of ether oxygens (including phenoxy) is 4. The molecule has 0 aromatic carbocycles. The average Bonchev–Trinajstić information content (AvgIpc) is 3.19. The maximum absolute atomic E-state index is 12.2. The Morgan fingerprint density at radius 1 is 0.725 bits per heavy atom. The minimum absolute atomic E-state index is 0.204. The molecule has 2 aliphatic rings. The van der Waals surface area contributed by atoms with Gasteiger partial charge in [0.15, 0.2) is 6.29 Å². The summed E-state index contributed by atoms with van der Waals surface area (Å²) in [4.78, 5) is 12.2. The van der Waals surface area contributed by atoms with E-state index in [0.717, 1.165) is 19.3 Å². The van der Waals surface area contributed by atoms with E-state index >= 15 is 0 Å². The molecule has 0 radical (unpaired) electrons. The molecule has 2 rings (SSSR count). The van der Waals surface area contributed by atoms with Crippen LogP contribution in [0.3, 0.4) is 0 Å². The van der Waals surface area contributed by atoms with Crippen LogP contribution in [-0.4, -0.2) is 116 Å². The molecule has 40 heavy (non-hydrogen) atoms. The van der Waals surface area contributed by atoms with Gasteiger partial charge < -0.3 is 54.7 Å². The molecule has 236 valence electrons. The molecule has 7 N–H and O–H groups in total. The maximum Gasteiger partial charge on any atom is 0.305 e. The van der Waals surface area contributed by atoms with Crippen LogP contribution in [0.4, 0.5) is 0 Å². The Morgan fingerprint density at radius 3 is 1.80 bits per heavy atom. The first kappa shape index (κ1) is 35.3. The molecular weight excluding hydrogens is 528 g/mol. The summed E-state index contributed by atoms with van der Waals surface area (Å²) in [5.41, 5.74) is 0. The highest BCUT2D eigenvalue weighted by Gasteiger charge is 2.58. The van der Waals surface area contributed by atoms with E-state index in [9.17, 15) is 40.5 Å². The molecule has 2 aliphatic heterocycles. The maximum atomic E-state index is 12.2. The lowest BCUT2D eigenvalue weighted by Crippen LogP contribution is -2.62. The van der Waals surface area contributed by atoms with E-state index in [1.807, 2.05) is 0 Å². The first-order valence-electron chi connectivity index (χ1n) is 15.0. The molecule has 2 saturated heterocycles. The van der Waals surface area contributed by atoms with E-state index in [0.29, 0.717) is 6.42 Å². The second-order valence-electron chi connectivity index (χ2n) is 11.1. The number of aliphatic hydroxyl groups is 7. The van der Waals surface area contributed by atoms with Crippen molar-refractivity contribution < 1.29 is 59.5 Å². The van der Waals surface area contributed by atoms with E-state index in [2.05, 4.69) is 6.92 Å². The fraction of sp³-hybridized carbons (Fsp3) is 0.964. The minimum Gasteiger partial charge on any atom is -0.463 e. The molecule has 0 amide bonds. The van der Waals surface area contributed by atoms with Gasteiger partial charge in [-0.1, -0.05) is 84.0 Å². The molecule has 0 unspecified atom stereocenters. The molecule has 9 atom stereocenters. The number of carbonyl (C=O) groups excluding carboxylic acids is 1. The Morgan fingerprint density at radius 2 is 1.27 bits per heavy atom. The fourth-order valence-electron chi connectivity index (χ4n) is 5.15. The van der Waals surface area contributed by atoms with Gasteiger partial charge in [0.1, 0.15) is 55.9 Å². The van der Waals surface area contributed by atoms with Crippen LogP contribution in [0.5, 0.6) is 0 Å². The van der Waals surface area contributed by atoms with Gasteiger partial charge in [-0.25, -0.2) is 0 Å². The molecule has 12 nitrogen and oxygen atoms in total. The van der Waals surface area contributed by atoms with E-state index in [1.165, 1.54) is 57.8 Å². The summed E-state index contributed by atoms with van der Waals surface area (Å²) in [6, 6.07) is 0. The molecule has 2 fully saturated rings. The third kappa shape index (κ3) is 10.4. The van der Waals surface area contributed by atoms with Crippen molar-refractivity contribution >= 4 is 5.97 Å². The number of unbranched alkanes of at least 4 members (excludes halogenated alkanes) is 12. The first-order valence-corrected chi connectivity index (χ1v) is 15.0. The molecule has 0 aromatic rings. The fourth-order valence-corrected chi connectivity index (χ4v) is 5.15. The van der Waals surface area contributed by atoms with Crippen molar-refractivity contribution in [1.82, 2.24) is 0 Å². The monoisotopic (exact) mass is 580 g/mol. The molecule has 0 spiro atoms. The summed E-state index contributed by atoms with van der Waals surface area (Å²) in [5, 5.41) is 70.3. The zero-order valence-electron chi connectivity index (χ0n) is 23.8. The highest BCUT2D eigenvalue weighted by atomic mass is 16.8. The van der Waals surface area contributed by atoms with Crippen molar-refractivity contribution in [1.29, 1.82) is 0 Å². The van der Waals surface area contributed by atoms with Gasteiger partial charge in [-0.2, -0.15) is 0 Å². The van der Waals surface area contributed by atoms with E-state index in [4.69, 9.17) is 18.9 Å². The van der Waals surface area contributed by atoms with Gasteiger partial charge in [-0.05, 0) is 6.42 Å². The summed E-state index contributed by atoms with van der Waals surface area (Å²) in [7, 11) is 0. The summed E-state index contributed by atoms with van der Waals surface area (Å²) >= 11 is 0. The zero-order valence-corrected chi connectivity index (χ0v) is 23.8. The van der Waals surface area contributed by atoms with Crippen molar-refractivity contribution in [3.8, 4) is 0 Å². The largest absolute Gasteiger partial charge is 0.463 e. The summed E-state index contributed by atoms with van der Waals surface area (Å²) in [6.45, 7) is 0.129. The van der Waals surface area contributed by atoms with Crippen molar-refractivity contribution in [2.75, 3.05) is 19.8 Å². The number of rotatable bonds is 20. The van der Waals surface area contributed by atoms with Crippen LogP contribution < -0.4 is 0 Å². The Hall–Kier alpha value is -0.930. The standard InChI is InChI=1S/C28H52O12/c1-2-3-4-5-6-7-8-9-10-11-12-13-14-15-21(31)37-17-20-23(33)26(36)28(18-30,39-20)40-27-25(35)24(34)22(32)19(16-29)38-27/h19-20,22-27,29-30,32-36H,2-18H2,1H3/t19-,20+,22-,23+,24+,25-,26-,27-,28-/m1/s1. The molecule has 0 aliphatic carbocycles. The highest BCUT2D eigenvalue weighted by molar-refractivity contribution is 5.69. The van der Waals surface area contributed by atoms with Crippen molar-refractivity contribution in [2.24, 2.45) is 0 Å². The van der Waals surface area contributed by atoms with Crippen LogP contribution in [0.15, 0.2) is 0 Å². The summed E-state index contributed by atoms with van der Waals surface area (Å²) in [6.07, 6.45) is 2.77. The third-order valence-electron chi connectivity index (χ3n) is 7.78. The lowest BCUT2D eigenvalue weighted by atomic mass is 9.99.